The normalized spacial score (nSPS) is 15.5. The number of phenolic OH excluding ortho intramolecular Hbond substituents is 1. The van der Waals surface area contributed by atoms with Crippen molar-refractivity contribution in [3.63, 3.8) is 0 Å². The van der Waals surface area contributed by atoms with Crippen LogP contribution in [0.15, 0.2) is 66.1 Å². The van der Waals surface area contributed by atoms with Crippen molar-refractivity contribution in [3.8, 4) is 5.75 Å². The van der Waals surface area contributed by atoms with Gasteiger partial charge in [0.05, 0.1) is 16.9 Å². The van der Waals surface area contributed by atoms with Crippen molar-refractivity contribution >= 4 is 16.6 Å². The summed E-state index contributed by atoms with van der Waals surface area (Å²) in [5.41, 5.74) is 21.9. The SMILES string of the molecule is NC(N)=C(/C=C(\N)c1ccccc1O)N1CCN(Cc2[nH]nc3ccccc23)CC1. The van der Waals surface area contributed by atoms with Gasteiger partial charge < -0.3 is 27.2 Å². The van der Waals surface area contributed by atoms with E-state index in [2.05, 4.69) is 26.1 Å². The van der Waals surface area contributed by atoms with Crippen LogP contribution in [0, 0.1) is 0 Å². The molecule has 8 heteroatoms. The summed E-state index contributed by atoms with van der Waals surface area (Å²) in [5, 5.41) is 18.7. The predicted molar refractivity (Wildman–Crippen MR) is 119 cm³/mol. The number of fused-ring (bicyclic) bond motifs is 1. The van der Waals surface area contributed by atoms with E-state index in [4.69, 9.17) is 17.2 Å². The molecule has 1 fully saturated rings. The van der Waals surface area contributed by atoms with Gasteiger partial charge in [0.15, 0.2) is 0 Å². The zero-order valence-electron chi connectivity index (χ0n) is 16.8. The average Bonchev–Trinajstić information content (AvgIpc) is 3.15. The first kappa shape index (κ1) is 19.7. The molecule has 4 rings (SSSR count). The van der Waals surface area contributed by atoms with Crippen LogP contribution in [0.4, 0.5) is 0 Å². The molecule has 0 atom stereocenters. The number of aromatic amines is 1. The second kappa shape index (κ2) is 8.38. The Morgan fingerprint density at radius 1 is 1.00 bits per heavy atom. The highest BCUT2D eigenvalue weighted by molar-refractivity contribution is 5.81. The number of nitrogens with zero attached hydrogens (tertiary/aromatic N) is 3. The third kappa shape index (κ3) is 4.04. The minimum Gasteiger partial charge on any atom is -0.507 e. The maximum Gasteiger partial charge on any atom is 0.124 e. The summed E-state index contributed by atoms with van der Waals surface area (Å²) in [7, 11) is 0. The van der Waals surface area contributed by atoms with Crippen molar-refractivity contribution in [2.24, 2.45) is 17.2 Å². The third-order valence-corrected chi connectivity index (χ3v) is 5.44. The van der Waals surface area contributed by atoms with Crippen LogP contribution < -0.4 is 17.2 Å². The molecule has 156 valence electrons. The molecule has 0 radical (unpaired) electrons. The fraction of sp³-hybridized carbons (Fsp3) is 0.227. The zero-order chi connectivity index (χ0) is 21.1. The van der Waals surface area contributed by atoms with Crippen LogP contribution in [0.25, 0.3) is 16.6 Å². The van der Waals surface area contributed by atoms with E-state index in [0.29, 0.717) is 17.0 Å². The van der Waals surface area contributed by atoms with Crippen molar-refractivity contribution in [2.75, 3.05) is 26.2 Å². The third-order valence-electron chi connectivity index (χ3n) is 5.44. The lowest BCUT2D eigenvalue weighted by Crippen LogP contribution is -2.46. The summed E-state index contributed by atoms with van der Waals surface area (Å²) in [4.78, 5) is 4.50. The maximum absolute atomic E-state index is 10.0. The minimum absolute atomic E-state index is 0.123. The monoisotopic (exact) mass is 405 g/mol. The molecule has 8 nitrogen and oxygen atoms in total. The van der Waals surface area contributed by atoms with Crippen molar-refractivity contribution in [3.05, 3.63) is 77.4 Å². The van der Waals surface area contributed by atoms with Crippen LogP contribution in [0.3, 0.4) is 0 Å². The minimum atomic E-state index is 0.123. The number of aromatic nitrogens is 2. The van der Waals surface area contributed by atoms with Crippen molar-refractivity contribution in [2.45, 2.75) is 6.54 Å². The van der Waals surface area contributed by atoms with Gasteiger partial charge in [-0.2, -0.15) is 5.10 Å². The average molecular weight is 406 g/mol. The molecular formula is C22H27N7O. The molecule has 0 unspecified atom stereocenters. The molecule has 1 aromatic heterocycles. The van der Waals surface area contributed by atoms with E-state index in [-0.39, 0.29) is 11.6 Å². The number of allylic oxidation sites excluding steroid dienone is 1. The van der Waals surface area contributed by atoms with Crippen molar-refractivity contribution in [1.82, 2.24) is 20.0 Å². The molecule has 1 aliphatic heterocycles. The Hall–Kier alpha value is -3.65. The van der Waals surface area contributed by atoms with Gasteiger partial charge in [-0.15, -0.1) is 0 Å². The van der Waals surface area contributed by atoms with Gasteiger partial charge >= 0.3 is 0 Å². The number of benzene rings is 2. The van der Waals surface area contributed by atoms with Crippen LogP contribution >= 0.6 is 0 Å². The maximum atomic E-state index is 10.0. The fourth-order valence-corrected chi connectivity index (χ4v) is 3.81. The van der Waals surface area contributed by atoms with Gasteiger partial charge in [0, 0.05) is 49.4 Å². The van der Waals surface area contributed by atoms with Gasteiger partial charge in [-0.1, -0.05) is 30.3 Å². The number of hydrogen-bond acceptors (Lipinski definition) is 7. The van der Waals surface area contributed by atoms with Gasteiger partial charge in [-0.3, -0.25) is 10.00 Å². The first-order valence-corrected chi connectivity index (χ1v) is 9.93. The van der Waals surface area contributed by atoms with Crippen LogP contribution in [-0.2, 0) is 6.54 Å². The highest BCUT2D eigenvalue weighted by Crippen LogP contribution is 2.24. The number of nitrogens with two attached hydrogens (primary N) is 3. The number of hydrogen-bond donors (Lipinski definition) is 5. The van der Waals surface area contributed by atoms with E-state index in [1.807, 2.05) is 24.3 Å². The lowest BCUT2D eigenvalue weighted by Gasteiger charge is -2.36. The van der Waals surface area contributed by atoms with Gasteiger partial charge in [0.2, 0.25) is 0 Å². The van der Waals surface area contributed by atoms with E-state index < -0.39 is 0 Å². The first-order valence-electron chi connectivity index (χ1n) is 9.93. The van der Waals surface area contributed by atoms with E-state index in [0.717, 1.165) is 49.3 Å². The largest absolute Gasteiger partial charge is 0.507 e. The molecule has 0 amide bonds. The smallest absolute Gasteiger partial charge is 0.124 e. The number of rotatable bonds is 5. The highest BCUT2D eigenvalue weighted by atomic mass is 16.3. The molecule has 0 bridgehead atoms. The van der Waals surface area contributed by atoms with Crippen LogP contribution in [0.2, 0.25) is 0 Å². The molecular weight excluding hydrogens is 378 g/mol. The molecule has 8 N–H and O–H groups in total. The number of aromatic hydroxyl groups is 1. The summed E-state index contributed by atoms with van der Waals surface area (Å²) in [5.74, 6) is 0.333. The molecule has 1 aliphatic rings. The van der Waals surface area contributed by atoms with Crippen LogP contribution in [0.1, 0.15) is 11.3 Å². The highest BCUT2D eigenvalue weighted by Gasteiger charge is 2.21. The molecule has 0 spiro atoms. The first-order chi connectivity index (χ1) is 14.5. The fourth-order valence-electron chi connectivity index (χ4n) is 3.81. The molecule has 30 heavy (non-hydrogen) atoms. The zero-order valence-corrected chi connectivity index (χ0v) is 16.8. The standard InChI is InChI=1S/C22H27N7O/c23-17(15-5-2-4-8-21(15)30)13-20(22(24)25)29-11-9-28(10-12-29)14-19-16-6-1-3-7-18(16)26-27-19/h1-8,13,30H,9-12,14,23-25H2,(H,26,27)/b17-13-. The predicted octanol–water partition coefficient (Wildman–Crippen LogP) is 1.47. The molecule has 0 saturated carbocycles. The molecule has 1 saturated heterocycles. The Kier molecular flexibility index (Phi) is 5.49. The summed E-state index contributed by atoms with van der Waals surface area (Å²) < 4.78 is 0. The van der Waals surface area contributed by atoms with Gasteiger partial charge in [-0.25, -0.2) is 0 Å². The van der Waals surface area contributed by atoms with E-state index >= 15 is 0 Å². The van der Waals surface area contributed by atoms with Gasteiger partial charge in [0.1, 0.15) is 11.6 Å². The van der Waals surface area contributed by atoms with E-state index in [1.165, 1.54) is 0 Å². The summed E-state index contributed by atoms with van der Waals surface area (Å²) in [6, 6.07) is 15.1. The number of phenols is 1. The molecule has 2 heterocycles. The second-order valence-electron chi connectivity index (χ2n) is 7.44. The molecule has 2 aromatic carbocycles. The quantitative estimate of drug-likeness (QED) is 0.406. The van der Waals surface area contributed by atoms with Crippen molar-refractivity contribution < 1.29 is 5.11 Å². The van der Waals surface area contributed by atoms with Crippen molar-refractivity contribution in [1.29, 1.82) is 0 Å². The Morgan fingerprint density at radius 2 is 1.70 bits per heavy atom. The van der Waals surface area contributed by atoms with E-state index in [9.17, 15) is 5.11 Å². The summed E-state index contributed by atoms with van der Waals surface area (Å²) in [6.07, 6.45) is 1.74. The lowest BCUT2D eigenvalue weighted by atomic mass is 10.1. The summed E-state index contributed by atoms with van der Waals surface area (Å²) in [6.45, 7) is 4.05. The molecule has 3 aromatic rings. The van der Waals surface area contributed by atoms with Crippen LogP contribution in [-0.4, -0.2) is 51.3 Å². The van der Waals surface area contributed by atoms with E-state index in [1.54, 1.807) is 24.3 Å². The van der Waals surface area contributed by atoms with Gasteiger partial charge in [0.25, 0.3) is 0 Å². The number of nitrogens with one attached hydrogen (secondary N) is 1. The Balaban J connectivity index is 1.44. The Morgan fingerprint density at radius 3 is 2.43 bits per heavy atom. The Bertz CT molecular complexity index is 1090. The van der Waals surface area contributed by atoms with Crippen LogP contribution in [0.5, 0.6) is 5.75 Å². The Labute approximate surface area is 175 Å². The van der Waals surface area contributed by atoms with Gasteiger partial charge in [-0.05, 0) is 24.3 Å². The number of piperazine rings is 1. The number of H-pyrrole nitrogens is 1. The second-order valence-corrected chi connectivity index (χ2v) is 7.44. The topological polar surface area (TPSA) is 133 Å². The summed E-state index contributed by atoms with van der Waals surface area (Å²) >= 11 is 0. The lowest BCUT2D eigenvalue weighted by molar-refractivity contribution is 0.154. The number of para-hydroxylation sites is 2. The molecule has 0 aliphatic carbocycles.